The molecule has 0 fully saturated rings. The Bertz CT molecular complexity index is 589. The molecule has 6 nitrogen and oxygen atoms in total. The van der Waals surface area contributed by atoms with Gasteiger partial charge in [-0.15, -0.1) is 0 Å². The first-order chi connectivity index (χ1) is 8.10. The number of anilines is 1. The molecule has 2 rings (SSSR count). The maximum atomic E-state index is 11.6. The molecule has 0 amide bonds. The zero-order valence-corrected chi connectivity index (χ0v) is 10.4. The van der Waals surface area contributed by atoms with E-state index in [1.165, 1.54) is 11.3 Å². The molecule has 0 spiro atoms. The second-order valence-corrected chi connectivity index (χ2v) is 4.50. The Morgan fingerprint density at radius 2 is 2.24 bits per heavy atom. The van der Waals surface area contributed by atoms with Gasteiger partial charge in [0.1, 0.15) is 5.82 Å². The van der Waals surface area contributed by atoms with Crippen LogP contribution in [0.5, 0.6) is 0 Å². The maximum Gasteiger partial charge on any atom is 0.307 e. The Hall–Kier alpha value is -1.73. The molecule has 0 bridgehead atoms. The molecule has 0 saturated heterocycles. The van der Waals surface area contributed by atoms with E-state index in [0.29, 0.717) is 18.2 Å². The molecule has 2 aromatic heterocycles. The molecule has 0 radical (unpaired) electrons. The van der Waals surface area contributed by atoms with E-state index >= 15 is 0 Å². The summed E-state index contributed by atoms with van der Waals surface area (Å²) in [6.07, 6.45) is 0. The Kier molecular flexibility index (Phi) is 3.21. The van der Waals surface area contributed by atoms with Crippen molar-refractivity contribution in [1.82, 2.24) is 14.5 Å². The van der Waals surface area contributed by atoms with Crippen LogP contribution in [0.15, 0.2) is 16.2 Å². The molecule has 2 aromatic rings. The van der Waals surface area contributed by atoms with Gasteiger partial charge >= 0.3 is 4.87 Å². The van der Waals surface area contributed by atoms with Crippen LogP contribution in [0.25, 0.3) is 0 Å². The van der Waals surface area contributed by atoms with Crippen LogP contribution in [0.4, 0.5) is 5.82 Å². The Morgan fingerprint density at radius 3 is 2.82 bits per heavy atom. The average Bonchev–Trinajstić information content (AvgIpc) is 2.60. The van der Waals surface area contributed by atoms with E-state index in [1.807, 2.05) is 19.2 Å². The van der Waals surface area contributed by atoms with Gasteiger partial charge in [-0.1, -0.05) is 11.3 Å². The van der Waals surface area contributed by atoms with Gasteiger partial charge in [-0.05, 0) is 13.8 Å². The standard InChI is InChI=1S/C10H13N5OS/c1-6-3-8(14-11)13-9(12-6)4-15-7(2)5-17-10(15)16/h3,5H,4,11H2,1-2H3,(H,12,13,14). The van der Waals surface area contributed by atoms with Crippen molar-refractivity contribution in [2.24, 2.45) is 5.84 Å². The summed E-state index contributed by atoms with van der Waals surface area (Å²) in [5.41, 5.74) is 4.20. The fraction of sp³-hybridized carbons (Fsp3) is 0.300. The van der Waals surface area contributed by atoms with E-state index < -0.39 is 0 Å². The Balaban J connectivity index is 2.36. The van der Waals surface area contributed by atoms with Crippen LogP contribution in [0.1, 0.15) is 17.2 Å². The van der Waals surface area contributed by atoms with E-state index in [4.69, 9.17) is 5.84 Å². The van der Waals surface area contributed by atoms with Crippen LogP contribution in [-0.2, 0) is 6.54 Å². The number of hydrogen-bond donors (Lipinski definition) is 2. The van der Waals surface area contributed by atoms with Gasteiger partial charge in [0.2, 0.25) is 0 Å². The third-order valence-corrected chi connectivity index (χ3v) is 3.21. The number of aryl methyl sites for hydroxylation is 2. The lowest BCUT2D eigenvalue weighted by atomic mass is 10.4. The molecule has 0 aromatic carbocycles. The molecule has 2 heterocycles. The van der Waals surface area contributed by atoms with Crippen molar-refractivity contribution in [2.45, 2.75) is 20.4 Å². The molecular weight excluding hydrogens is 238 g/mol. The normalized spacial score (nSPS) is 10.5. The molecule has 0 aliphatic carbocycles. The first-order valence-corrected chi connectivity index (χ1v) is 5.94. The maximum absolute atomic E-state index is 11.6. The van der Waals surface area contributed by atoms with Gasteiger partial charge in [0, 0.05) is 22.8 Å². The first kappa shape index (κ1) is 11.7. The Morgan fingerprint density at radius 1 is 1.47 bits per heavy atom. The molecule has 3 N–H and O–H groups in total. The highest BCUT2D eigenvalue weighted by Gasteiger charge is 2.07. The van der Waals surface area contributed by atoms with Crippen molar-refractivity contribution in [1.29, 1.82) is 0 Å². The summed E-state index contributed by atoms with van der Waals surface area (Å²) in [5.74, 6) is 6.43. The largest absolute Gasteiger partial charge is 0.308 e. The van der Waals surface area contributed by atoms with Crippen molar-refractivity contribution in [2.75, 3.05) is 5.43 Å². The lowest BCUT2D eigenvalue weighted by Crippen LogP contribution is -2.18. The van der Waals surface area contributed by atoms with Crippen molar-refractivity contribution < 1.29 is 0 Å². The molecule has 0 saturated carbocycles. The quantitative estimate of drug-likeness (QED) is 0.618. The summed E-state index contributed by atoms with van der Waals surface area (Å²) < 4.78 is 1.64. The number of hydrogen-bond acceptors (Lipinski definition) is 6. The van der Waals surface area contributed by atoms with Gasteiger partial charge in [-0.25, -0.2) is 15.8 Å². The minimum atomic E-state index is -0.00476. The molecule has 0 unspecified atom stereocenters. The summed E-state index contributed by atoms with van der Waals surface area (Å²) in [6, 6.07) is 1.74. The monoisotopic (exact) mass is 251 g/mol. The van der Waals surface area contributed by atoms with Crippen LogP contribution >= 0.6 is 11.3 Å². The predicted octanol–water partition coefficient (Wildman–Crippen LogP) is 0.651. The highest BCUT2D eigenvalue weighted by Crippen LogP contribution is 2.07. The summed E-state index contributed by atoms with van der Waals surface area (Å²) >= 11 is 1.18. The lowest BCUT2D eigenvalue weighted by Gasteiger charge is -2.06. The minimum absolute atomic E-state index is 0.00476. The number of nitrogens with two attached hydrogens (primary N) is 1. The van der Waals surface area contributed by atoms with Gasteiger partial charge in [-0.3, -0.25) is 9.36 Å². The van der Waals surface area contributed by atoms with E-state index in [9.17, 15) is 4.79 Å². The van der Waals surface area contributed by atoms with Gasteiger partial charge in [0.05, 0.1) is 6.54 Å². The number of nitrogens with one attached hydrogen (secondary N) is 1. The summed E-state index contributed by atoms with van der Waals surface area (Å²) in [6.45, 7) is 4.11. The second-order valence-electron chi connectivity index (χ2n) is 3.68. The fourth-order valence-electron chi connectivity index (χ4n) is 1.51. The molecule has 0 aliphatic rings. The van der Waals surface area contributed by atoms with Crippen LogP contribution in [0, 0.1) is 13.8 Å². The Labute approximate surface area is 102 Å². The number of aromatic nitrogens is 3. The van der Waals surface area contributed by atoms with Gasteiger partial charge in [-0.2, -0.15) is 0 Å². The average molecular weight is 251 g/mol. The number of hydrazine groups is 1. The molecule has 7 heteroatoms. The van der Waals surface area contributed by atoms with Crippen LogP contribution < -0.4 is 16.1 Å². The van der Waals surface area contributed by atoms with Crippen LogP contribution in [-0.4, -0.2) is 14.5 Å². The zero-order valence-electron chi connectivity index (χ0n) is 9.60. The SMILES string of the molecule is Cc1cc(NN)nc(Cn2c(C)csc2=O)n1. The molecule has 90 valence electrons. The third-order valence-electron chi connectivity index (χ3n) is 2.32. The third kappa shape index (κ3) is 2.51. The number of rotatable bonds is 3. The summed E-state index contributed by atoms with van der Waals surface area (Å²) in [4.78, 5) is 20.0. The van der Waals surface area contributed by atoms with Gasteiger partial charge in [0.15, 0.2) is 5.82 Å². The lowest BCUT2D eigenvalue weighted by molar-refractivity contribution is 0.708. The van der Waals surface area contributed by atoms with Gasteiger partial charge < -0.3 is 5.43 Å². The van der Waals surface area contributed by atoms with Gasteiger partial charge in [0.25, 0.3) is 0 Å². The molecule has 0 atom stereocenters. The van der Waals surface area contributed by atoms with E-state index in [-0.39, 0.29) is 4.87 Å². The van der Waals surface area contributed by atoms with Crippen molar-refractivity contribution in [3.8, 4) is 0 Å². The zero-order chi connectivity index (χ0) is 12.4. The number of thiazole rings is 1. The van der Waals surface area contributed by atoms with Crippen molar-refractivity contribution in [3.63, 3.8) is 0 Å². The van der Waals surface area contributed by atoms with E-state index in [2.05, 4.69) is 15.4 Å². The fourth-order valence-corrected chi connectivity index (χ4v) is 2.25. The number of nitrogen functional groups attached to an aromatic ring is 1. The summed E-state index contributed by atoms with van der Waals surface area (Å²) in [5, 5.41) is 1.82. The second kappa shape index (κ2) is 4.64. The van der Waals surface area contributed by atoms with Crippen molar-refractivity contribution in [3.05, 3.63) is 38.3 Å². The summed E-state index contributed by atoms with van der Waals surface area (Å²) in [7, 11) is 0. The van der Waals surface area contributed by atoms with Crippen LogP contribution in [0.2, 0.25) is 0 Å². The van der Waals surface area contributed by atoms with E-state index in [1.54, 1.807) is 10.6 Å². The molecule has 17 heavy (non-hydrogen) atoms. The van der Waals surface area contributed by atoms with E-state index in [0.717, 1.165) is 11.4 Å². The minimum Gasteiger partial charge on any atom is -0.308 e. The predicted molar refractivity (Wildman–Crippen MR) is 67.0 cm³/mol. The van der Waals surface area contributed by atoms with Crippen LogP contribution in [0.3, 0.4) is 0 Å². The molecule has 0 aliphatic heterocycles. The highest BCUT2D eigenvalue weighted by atomic mass is 32.1. The van der Waals surface area contributed by atoms with Crippen molar-refractivity contribution >= 4 is 17.2 Å². The first-order valence-electron chi connectivity index (χ1n) is 5.06. The molecular formula is C10H13N5OS. The topological polar surface area (TPSA) is 85.8 Å². The number of nitrogens with zero attached hydrogens (tertiary/aromatic N) is 3. The smallest absolute Gasteiger partial charge is 0.307 e. The highest BCUT2D eigenvalue weighted by molar-refractivity contribution is 7.07.